The number of halogens is 1. The van der Waals surface area contributed by atoms with Crippen LogP contribution in [0.1, 0.15) is 21.7 Å². The van der Waals surface area contributed by atoms with Crippen LogP contribution in [0.25, 0.3) is 11.0 Å². The topological polar surface area (TPSA) is 91.9 Å². The zero-order chi connectivity index (χ0) is 21.3. The number of hydrogen-bond donors (Lipinski definition) is 2. The van der Waals surface area contributed by atoms with Crippen LogP contribution in [0.4, 0.5) is 10.1 Å². The Balaban J connectivity index is 1.59. The Morgan fingerprint density at radius 3 is 2.57 bits per heavy atom. The highest BCUT2D eigenvalue weighted by atomic mass is 32.2. The molecule has 30 heavy (non-hydrogen) atoms. The van der Waals surface area contributed by atoms with Crippen molar-refractivity contribution in [2.75, 3.05) is 11.6 Å². The van der Waals surface area contributed by atoms with E-state index in [1.54, 1.807) is 48.5 Å². The second-order valence-electron chi connectivity index (χ2n) is 6.91. The number of nitrogens with one attached hydrogen (secondary N) is 2. The Morgan fingerprint density at radius 2 is 1.80 bits per heavy atom. The van der Waals surface area contributed by atoms with Gasteiger partial charge in [-0.2, -0.15) is 0 Å². The van der Waals surface area contributed by atoms with Crippen LogP contribution in [-0.4, -0.2) is 30.5 Å². The number of aromatic amines is 1. The number of H-pyrrole nitrogens is 1. The SMILES string of the molecule is CS(=O)(=O)c1ccccc1C(=O)Nc1ccc2nc(Cc3ccccc3F)[nH]c2c1. The Bertz CT molecular complexity index is 1360. The van der Waals surface area contributed by atoms with Crippen LogP contribution in [-0.2, 0) is 16.3 Å². The second kappa shape index (κ2) is 7.72. The van der Waals surface area contributed by atoms with Gasteiger partial charge in [0.25, 0.3) is 5.91 Å². The molecule has 152 valence electrons. The fourth-order valence-corrected chi connectivity index (χ4v) is 4.11. The van der Waals surface area contributed by atoms with E-state index in [0.29, 0.717) is 34.5 Å². The highest BCUT2D eigenvalue weighted by Crippen LogP contribution is 2.21. The summed E-state index contributed by atoms with van der Waals surface area (Å²) in [6, 6.07) is 17.7. The number of carbonyl (C=O) groups excluding carboxylic acids is 1. The molecule has 1 aromatic heterocycles. The van der Waals surface area contributed by atoms with Gasteiger partial charge in [-0.25, -0.2) is 17.8 Å². The molecule has 6 nitrogen and oxygen atoms in total. The minimum atomic E-state index is -3.54. The summed E-state index contributed by atoms with van der Waals surface area (Å²) in [5.41, 5.74) is 2.44. The van der Waals surface area contributed by atoms with E-state index in [-0.39, 0.29) is 16.3 Å². The van der Waals surface area contributed by atoms with Crippen molar-refractivity contribution in [3.05, 3.63) is 89.5 Å². The summed E-state index contributed by atoms with van der Waals surface area (Å²) >= 11 is 0. The minimum absolute atomic E-state index is 0.0303. The van der Waals surface area contributed by atoms with Gasteiger partial charge in [0.05, 0.1) is 21.5 Å². The Kier molecular flexibility index (Phi) is 5.09. The number of anilines is 1. The largest absolute Gasteiger partial charge is 0.342 e. The third-order valence-electron chi connectivity index (χ3n) is 4.64. The minimum Gasteiger partial charge on any atom is -0.342 e. The van der Waals surface area contributed by atoms with Crippen LogP contribution in [0.3, 0.4) is 0 Å². The maximum Gasteiger partial charge on any atom is 0.256 e. The number of fused-ring (bicyclic) bond motifs is 1. The second-order valence-corrected chi connectivity index (χ2v) is 8.89. The van der Waals surface area contributed by atoms with Crippen molar-refractivity contribution in [2.24, 2.45) is 0 Å². The summed E-state index contributed by atoms with van der Waals surface area (Å²) in [6.07, 6.45) is 1.37. The average molecular weight is 423 g/mol. The molecular formula is C22H18FN3O3S. The van der Waals surface area contributed by atoms with Crippen LogP contribution in [0.15, 0.2) is 71.6 Å². The van der Waals surface area contributed by atoms with Crippen LogP contribution in [0.5, 0.6) is 0 Å². The lowest BCUT2D eigenvalue weighted by atomic mass is 10.1. The quantitative estimate of drug-likeness (QED) is 0.508. The number of nitrogens with zero attached hydrogens (tertiary/aromatic N) is 1. The van der Waals surface area contributed by atoms with Gasteiger partial charge < -0.3 is 10.3 Å². The monoisotopic (exact) mass is 423 g/mol. The van der Waals surface area contributed by atoms with Crippen LogP contribution in [0, 0.1) is 5.82 Å². The molecule has 1 heterocycles. The summed E-state index contributed by atoms with van der Waals surface area (Å²) in [4.78, 5) is 20.2. The number of hydrogen-bond acceptors (Lipinski definition) is 4. The Hall–Kier alpha value is -3.52. The van der Waals surface area contributed by atoms with Crippen LogP contribution < -0.4 is 5.32 Å². The molecular weight excluding hydrogens is 405 g/mol. The van der Waals surface area contributed by atoms with E-state index >= 15 is 0 Å². The van der Waals surface area contributed by atoms with E-state index in [1.807, 2.05) is 0 Å². The molecule has 0 atom stereocenters. The molecule has 0 fully saturated rings. The number of amides is 1. The molecule has 0 saturated carbocycles. The van der Waals surface area contributed by atoms with Crippen molar-refractivity contribution in [1.29, 1.82) is 0 Å². The normalized spacial score (nSPS) is 11.5. The van der Waals surface area contributed by atoms with E-state index in [4.69, 9.17) is 0 Å². The van der Waals surface area contributed by atoms with Crippen molar-refractivity contribution in [3.8, 4) is 0 Å². The molecule has 1 amide bonds. The molecule has 0 unspecified atom stereocenters. The predicted octanol–water partition coefficient (Wildman–Crippen LogP) is 3.95. The van der Waals surface area contributed by atoms with Gasteiger partial charge in [0.2, 0.25) is 0 Å². The molecule has 2 N–H and O–H groups in total. The number of carbonyl (C=O) groups is 1. The molecule has 0 aliphatic carbocycles. The van der Waals surface area contributed by atoms with Gasteiger partial charge in [-0.3, -0.25) is 4.79 Å². The lowest BCUT2D eigenvalue weighted by molar-refractivity contribution is 0.102. The highest BCUT2D eigenvalue weighted by molar-refractivity contribution is 7.90. The molecule has 0 aliphatic heterocycles. The third-order valence-corrected chi connectivity index (χ3v) is 5.79. The lowest BCUT2D eigenvalue weighted by Crippen LogP contribution is -2.15. The van der Waals surface area contributed by atoms with Gasteiger partial charge in [0.1, 0.15) is 11.6 Å². The number of benzene rings is 3. The van der Waals surface area contributed by atoms with Crippen LogP contribution in [0.2, 0.25) is 0 Å². The lowest BCUT2D eigenvalue weighted by Gasteiger charge is -2.09. The summed E-state index contributed by atoms with van der Waals surface area (Å²) < 4.78 is 37.8. The molecule has 4 aromatic rings. The first kappa shape index (κ1) is 19.8. The van der Waals surface area contributed by atoms with Crippen molar-refractivity contribution < 1.29 is 17.6 Å². The summed E-state index contributed by atoms with van der Waals surface area (Å²) in [7, 11) is -3.54. The number of rotatable bonds is 5. The fraction of sp³-hybridized carbons (Fsp3) is 0.0909. The van der Waals surface area contributed by atoms with Gasteiger partial charge in [0.15, 0.2) is 9.84 Å². The summed E-state index contributed by atoms with van der Waals surface area (Å²) in [6.45, 7) is 0. The standard InChI is InChI=1S/C22H18FN3O3S/c1-30(28,29)20-9-5-3-7-16(20)22(27)24-15-10-11-18-19(13-15)26-21(25-18)12-14-6-2-4-8-17(14)23/h2-11,13H,12H2,1H3,(H,24,27)(H,25,26). The maximum absolute atomic E-state index is 13.9. The van der Waals surface area contributed by atoms with Crippen molar-refractivity contribution in [3.63, 3.8) is 0 Å². The van der Waals surface area contributed by atoms with E-state index in [0.717, 1.165) is 6.26 Å². The van der Waals surface area contributed by atoms with Gasteiger partial charge in [-0.15, -0.1) is 0 Å². The van der Waals surface area contributed by atoms with Gasteiger partial charge in [-0.05, 0) is 42.0 Å². The van der Waals surface area contributed by atoms with Crippen LogP contribution >= 0.6 is 0 Å². The first-order valence-corrected chi connectivity index (χ1v) is 11.0. The van der Waals surface area contributed by atoms with Gasteiger partial charge in [0, 0.05) is 18.4 Å². The Labute approximate surface area is 172 Å². The average Bonchev–Trinajstić information content (AvgIpc) is 3.10. The molecule has 0 radical (unpaired) electrons. The summed E-state index contributed by atoms with van der Waals surface area (Å²) in [5.74, 6) is -0.224. The molecule has 8 heteroatoms. The van der Waals surface area contributed by atoms with E-state index in [1.165, 1.54) is 18.2 Å². The number of sulfone groups is 1. The molecule has 0 bridgehead atoms. The first-order chi connectivity index (χ1) is 14.3. The maximum atomic E-state index is 13.9. The predicted molar refractivity (Wildman–Crippen MR) is 113 cm³/mol. The molecule has 4 rings (SSSR count). The summed E-state index contributed by atoms with van der Waals surface area (Å²) in [5, 5.41) is 2.72. The fourth-order valence-electron chi connectivity index (χ4n) is 3.22. The molecule has 0 saturated heterocycles. The first-order valence-electron chi connectivity index (χ1n) is 9.14. The number of aromatic nitrogens is 2. The molecule has 0 spiro atoms. The smallest absolute Gasteiger partial charge is 0.256 e. The van der Waals surface area contributed by atoms with E-state index in [2.05, 4.69) is 15.3 Å². The highest BCUT2D eigenvalue weighted by Gasteiger charge is 2.18. The molecule has 3 aromatic carbocycles. The number of imidazole rings is 1. The van der Waals surface area contributed by atoms with Crippen molar-refractivity contribution in [1.82, 2.24) is 9.97 Å². The van der Waals surface area contributed by atoms with Crippen molar-refractivity contribution in [2.45, 2.75) is 11.3 Å². The zero-order valence-electron chi connectivity index (χ0n) is 16.0. The molecule has 0 aliphatic rings. The third kappa shape index (κ3) is 4.08. The van der Waals surface area contributed by atoms with Gasteiger partial charge in [-0.1, -0.05) is 30.3 Å². The van der Waals surface area contributed by atoms with Crippen molar-refractivity contribution >= 4 is 32.5 Å². The Morgan fingerprint density at radius 1 is 1.07 bits per heavy atom. The zero-order valence-corrected chi connectivity index (χ0v) is 16.8. The van der Waals surface area contributed by atoms with Gasteiger partial charge >= 0.3 is 0 Å². The van der Waals surface area contributed by atoms with E-state index < -0.39 is 15.7 Å². The van der Waals surface area contributed by atoms with E-state index in [9.17, 15) is 17.6 Å².